The quantitative estimate of drug-likeness (QED) is 0.328. The van der Waals surface area contributed by atoms with Gasteiger partial charge in [-0.15, -0.1) is 0 Å². The Hall–Kier alpha value is -0.200. The molecule has 0 heterocycles. The van der Waals surface area contributed by atoms with Crippen LogP contribution in [0.3, 0.4) is 0 Å². The van der Waals surface area contributed by atoms with E-state index in [0.29, 0.717) is 6.42 Å². The predicted molar refractivity (Wildman–Crippen MR) is 45.9 cm³/mol. The molecule has 5 unspecified atom stereocenters. The van der Waals surface area contributed by atoms with Gasteiger partial charge in [0, 0.05) is 6.04 Å². The van der Waals surface area contributed by atoms with Crippen LogP contribution in [0.5, 0.6) is 0 Å². The summed E-state index contributed by atoms with van der Waals surface area (Å²) in [5.74, 6) is 0. The van der Waals surface area contributed by atoms with Crippen LogP contribution < -0.4 is 5.73 Å². The summed E-state index contributed by atoms with van der Waals surface area (Å²) >= 11 is 0. The molecule has 6 N–H and O–H groups in total. The molecular formula is C8H17NO4. The van der Waals surface area contributed by atoms with E-state index in [2.05, 4.69) is 0 Å². The first-order valence-corrected chi connectivity index (χ1v) is 4.44. The van der Waals surface area contributed by atoms with Crippen molar-refractivity contribution in [3.63, 3.8) is 0 Å². The standard InChI is InChI=1S/C8H17NO4/c1-2-8(13)3-4(9)5(10)6(11)7(8)12/h4-7,10-13H,2-3,9H2,1H3. The van der Waals surface area contributed by atoms with Crippen LogP contribution in [0.15, 0.2) is 0 Å². The molecule has 78 valence electrons. The molecule has 0 aliphatic heterocycles. The van der Waals surface area contributed by atoms with Crippen molar-refractivity contribution in [3.8, 4) is 0 Å². The fourth-order valence-electron chi connectivity index (χ4n) is 1.76. The van der Waals surface area contributed by atoms with Gasteiger partial charge in [0.05, 0.1) is 11.7 Å². The van der Waals surface area contributed by atoms with Crippen molar-refractivity contribution in [2.45, 2.75) is 49.7 Å². The molecule has 5 nitrogen and oxygen atoms in total. The highest BCUT2D eigenvalue weighted by atomic mass is 16.4. The fraction of sp³-hybridized carbons (Fsp3) is 1.00. The van der Waals surface area contributed by atoms with Crippen molar-refractivity contribution >= 4 is 0 Å². The third-order valence-corrected chi connectivity index (χ3v) is 2.86. The third kappa shape index (κ3) is 1.70. The number of nitrogens with two attached hydrogens (primary N) is 1. The fourth-order valence-corrected chi connectivity index (χ4v) is 1.76. The normalized spacial score (nSPS) is 52.2. The summed E-state index contributed by atoms with van der Waals surface area (Å²) in [7, 11) is 0. The lowest BCUT2D eigenvalue weighted by atomic mass is 9.75. The SMILES string of the molecule is CCC1(O)CC(N)C(O)C(O)C1O. The minimum atomic E-state index is -1.38. The van der Waals surface area contributed by atoms with E-state index < -0.39 is 30.0 Å². The van der Waals surface area contributed by atoms with Crippen LogP contribution in [0.25, 0.3) is 0 Å². The summed E-state index contributed by atoms with van der Waals surface area (Å²) in [6, 6.07) is -0.691. The average molecular weight is 191 g/mol. The Morgan fingerprint density at radius 2 is 1.85 bits per heavy atom. The maximum absolute atomic E-state index is 9.81. The Bertz CT molecular complexity index is 189. The summed E-state index contributed by atoms with van der Waals surface area (Å²) in [6.45, 7) is 1.69. The molecule has 5 atom stereocenters. The molecule has 13 heavy (non-hydrogen) atoms. The van der Waals surface area contributed by atoms with Crippen LogP contribution in [0.2, 0.25) is 0 Å². The molecule has 0 aromatic carbocycles. The van der Waals surface area contributed by atoms with Gasteiger partial charge in [-0.2, -0.15) is 0 Å². The van der Waals surface area contributed by atoms with E-state index in [1.54, 1.807) is 6.92 Å². The molecule has 1 fully saturated rings. The van der Waals surface area contributed by atoms with E-state index in [1.165, 1.54) is 0 Å². The Morgan fingerprint density at radius 3 is 2.31 bits per heavy atom. The minimum Gasteiger partial charge on any atom is -0.389 e. The zero-order chi connectivity index (χ0) is 10.2. The number of rotatable bonds is 1. The number of aliphatic hydroxyl groups is 4. The zero-order valence-corrected chi connectivity index (χ0v) is 7.59. The molecule has 0 bridgehead atoms. The molecule has 0 aromatic rings. The van der Waals surface area contributed by atoms with Crippen LogP contribution >= 0.6 is 0 Å². The second kappa shape index (κ2) is 3.51. The highest BCUT2D eigenvalue weighted by molar-refractivity contribution is 5.02. The van der Waals surface area contributed by atoms with E-state index in [4.69, 9.17) is 5.73 Å². The van der Waals surface area contributed by atoms with Crippen molar-refractivity contribution in [2.24, 2.45) is 5.73 Å². The van der Waals surface area contributed by atoms with Gasteiger partial charge in [-0.3, -0.25) is 0 Å². The summed E-state index contributed by atoms with van der Waals surface area (Å²) < 4.78 is 0. The van der Waals surface area contributed by atoms with Gasteiger partial charge in [-0.05, 0) is 12.8 Å². The Balaban J connectivity index is 2.82. The van der Waals surface area contributed by atoms with E-state index in [9.17, 15) is 20.4 Å². The first-order chi connectivity index (χ1) is 5.92. The smallest absolute Gasteiger partial charge is 0.111 e. The Labute approximate surface area is 76.8 Å². The van der Waals surface area contributed by atoms with Crippen molar-refractivity contribution < 1.29 is 20.4 Å². The lowest BCUT2D eigenvalue weighted by molar-refractivity contribution is -0.191. The molecule has 0 amide bonds. The Morgan fingerprint density at radius 1 is 1.31 bits per heavy atom. The molecule has 5 heteroatoms. The second-order valence-corrected chi connectivity index (χ2v) is 3.75. The molecule has 0 radical (unpaired) electrons. The van der Waals surface area contributed by atoms with Gasteiger partial charge in [0.1, 0.15) is 12.2 Å². The summed E-state index contributed by atoms with van der Waals surface area (Å²) in [5.41, 5.74) is 4.12. The second-order valence-electron chi connectivity index (χ2n) is 3.75. The minimum absolute atomic E-state index is 0.100. The number of aliphatic hydroxyl groups excluding tert-OH is 3. The highest BCUT2D eigenvalue weighted by Gasteiger charge is 2.49. The Kier molecular flexibility index (Phi) is 2.94. The van der Waals surface area contributed by atoms with E-state index >= 15 is 0 Å². The van der Waals surface area contributed by atoms with Crippen LogP contribution in [0.4, 0.5) is 0 Å². The third-order valence-electron chi connectivity index (χ3n) is 2.86. The molecule has 1 aliphatic rings. The monoisotopic (exact) mass is 191 g/mol. The summed E-state index contributed by atoms with van der Waals surface area (Å²) in [4.78, 5) is 0. The van der Waals surface area contributed by atoms with Gasteiger partial charge in [0.15, 0.2) is 0 Å². The van der Waals surface area contributed by atoms with Crippen molar-refractivity contribution in [1.29, 1.82) is 0 Å². The van der Waals surface area contributed by atoms with Crippen LogP contribution in [0, 0.1) is 0 Å². The molecule has 1 saturated carbocycles. The van der Waals surface area contributed by atoms with Gasteiger partial charge in [-0.25, -0.2) is 0 Å². The first-order valence-electron chi connectivity index (χ1n) is 4.44. The molecular weight excluding hydrogens is 174 g/mol. The predicted octanol–water partition coefficient (Wildman–Crippen LogP) is -2.06. The maximum Gasteiger partial charge on any atom is 0.111 e. The summed E-state index contributed by atoms with van der Waals surface area (Å²) in [6.07, 6.45) is -3.46. The van der Waals surface area contributed by atoms with E-state index in [1.807, 2.05) is 0 Å². The molecule has 0 saturated heterocycles. The van der Waals surface area contributed by atoms with E-state index in [0.717, 1.165) is 0 Å². The first kappa shape index (κ1) is 10.9. The van der Waals surface area contributed by atoms with Gasteiger partial charge < -0.3 is 26.2 Å². The zero-order valence-electron chi connectivity index (χ0n) is 7.59. The van der Waals surface area contributed by atoms with Gasteiger partial charge in [0.2, 0.25) is 0 Å². The number of hydrogen-bond acceptors (Lipinski definition) is 5. The van der Waals surface area contributed by atoms with Gasteiger partial charge in [0.25, 0.3) is 0 Å². The van der Waals surface area contributed by atoms with Crippen molar-refractivity contribution in [3.05, 3.63) is 0 Å². The van der Waals surface area contributed by atoms with Gasteiger partial charge >= 0.3 is 0 Å². The van der Waals surface area contributed by atoms with Crippen molar-refractivity contribution in [2.75, 3.05) is 0 Å². The maximum atomic E-state index is 9.81. The molecule has 0 aromatic heterocycles. The molecule has 0 spiro atoms. The van der Waals surface area contributed by atoms with Crippen molar-refractivity contribution in [1.82, 2.24) is 0 Å². The molecule has 1 rings (SSSR count). The van der Waals surface area contributed by atoms with Gasteiger partial charge in [-0.1, -0.05) is 6.92 Å². The highest BCUT2D eigenvalue weighted by Crippen LogP contribution is 2.31. The van der Waals surface area contributed by atoms with Crippen LogP contribution in [-0.2, 0) is 0 Å². The van der Waals surface area contributed by atoms with E-state index in [-0.39, 0.29) is 6.42 Å². The topological polar surface area (TPSA) is 107 Å². The molecule has 1 aliphatic carbocycles. The lowest BCUT2D eigenvalue weighted by Crippen LogP contribution is -2.64. The lowest BCUT2D eigenvalue weighted by Gasteiger charge is -2.44. The largest absolute Gasteiger partial charge is 0.389 e. The summed E-state index contributed by atoms with van der Waals surface area (Å²) in [5, 5.41) is 37.9. The van der Waals surface area contributed by atoms with Crippen LogP contribution in [0.1, 0.15) is 19.8 Å². The average Bonchev–Trinajstić information content (AvgIpc) is 2.12. The van der Waals surface area contributed by atoms with Crippen LogP contribution in [-0.4, -0.2) is 50.4 Å². The number of hydrogen-bond donors (Lipinski definition) is 5.